The molecule has 0 amide bonds. The van der Waals surface area contributed by atoms with E-state index in [9.17, 15) is 4.79 Å². The lowest BCUT2D eigenvalue weighted by Crippen LogP contribution is -2.17. The van der Waals surface area contributed by atoms with Gasteiger partial charge in [-0.1, -0.05) is 12.7 Å². The van der Waals surface area contributed by atoms with Crippen LogP contribution in [0.3, 0.4) is 0 Å². The molecule has 1 aliphatic carbocycles. The van der Waals surface area contributed by atoms with Gasteiger partial charge >= 0.3 is 0 Å². The molecule has 0 aromatic rings. The van der Waals surface area contributed by atoms with Crippen LogP contribution in [0.25, 0.3) is 0 Å². The molecule has 1 aliphatic rings. The highest BCUT2D eigenvalue weighted by Crippen LogP contribution is 2.25. The summed E-state index contributed by atoms with van der Waals surface area (Å²) in [6.07, 6.45) is 3.29. The van der Waals surface area contributed by atoms with Gasteiger partial charge in [0, 0.05) is 6.42 Å². The number of rotatable bonds is 2. The van der Waals surface area contributed by atoms with Crippen molar-refractivity contribution in [3.05, 3.63) is 23.8 Å². The van der Waals surface area contributed by atoms with E-state index in [1.807, 2.05) is 13.0 Å². The fraction of sp³-hybridized carbons (Fsp3) is 0.500. The highest BCUT2D eigenvalue weighted by atomic mass is 16.3. The summed E-state index contributed by atoms with van der Waals surface area (Å²) >= 11 is 0. The van der Waals surface area contributed by atoms with E-state index in [0.29, 0.717) is 6.42 Å². The molecule has 0 heterocycles. The van der Waals surface area contributed by atoms with E-state index in [2.05, 4.69) is 6.58 Å². The summed E-state index contributed by atoms with van der Waals surface area (Å²) in [6.45, 7) is 5.55. The number of Topliss-reactive ketones (excluding diaryl/α,β-unsaturated/α-hetero) is 1. The summed E-state index contributed by atoms with van der Waals surface area (Å²) in [6, 6.07) is 0. The number of aliphatic hydroxyl groups excluding tert-OH is 1. The Morgan fingerprint density at radius 2 is 2.50 bits per heavy atom. The van der Waals surface area contributed by atoms with Gasteiger partial charge in [0.2, 0.25) is 0 Å². The fourth-order valence-corrected chi connectivity index (χ4v) is 1.34. The summed E-state index contributed by atoms with van der Waals surface area (Å²) in [7, 11) is 0. The minimum Gasteiger partial charge on any atom is -0.392 e. The van der Waals surface area contributed by atoms with Crippen molar-refractivity contribution in [3.8, 4) is 0 Å². The molecule has 0 saturated carbocycles. The fourth-order valence-electron chi connectivity index (χ4n) is 1.34. The van der Waals surface area contributed by atoms with Crippen molar-refractivity contribution in [2.45, 2.75) is 19.8 Å². The highest BCUT2D eigenvalue weighted by Gasteiger charge is 2.20. The Morgan fingerprint density at radius 1 is 1.83 bits per heavy atom. The molecule has 2 heteroatoms. The Kier molecular flexibility index (Phi) is 2.82. The molecule has 0 aromatic heterocycles. The minimum absolute atomic E-state index is 0.00909. The van der Waals surface area contributed by atoms with Crippen molar-refractivity contribution in [2.75, 3.05) is 6.61 Å². The topological polar surface area (TPSA) is 37.3 Å². The second kappa shape index (κ2) is 3.68. The van der Waals surface area contributed by atoms with Gasteiger partial charge in [-0.15, -0.1) is 0 Å². The third-order valence-electron chi connectivity index (χ3n) is 2.36. The Bertz CT molecular complexity index is 238. The van der Waals surface area contributed by atoms with Crippen LogP contribution in [0.4, 0.5) is 0 Å². The number of hydrogen-bond acceptors (Lipinski definition) is 2. The lowest BCUT2D eigenvalue weighted by Gasteiger charge is -2.20. The van der Waals surface area contributed by atoms with Gasteiger partial charge in [-0.2, -0.15) is 0 Å². The van der Waals surface area contributed by atoms with Gasteiger partial charge in [-0.3, -0.25) is 4.79 Å². The second-order valence-electron chi connectivity index (χ2n) is 3.26. The number of ketones is 1. The molecular weight excluding hydrogens is 152 g/mol. The predicted molar refractivity (Wildman–Crippen MR) is 47.7 cm³/mol. The number of carbonyl (C=O) groups excluding carboxylic acids is 1. The summed E-state index contributed by atoms with van der Waals surface area (Å²) in [4.78, 5) is 11.2. The van der Waals surface area contributed by atoms with Crippen molar-refractivity contribution < 1.29 is 9.90 Å². The van der Waals surface area contributed by atoms with Crippen LogP contribution in [0, 0.1) is 5.92 Å². The smallest absolute Gasteiger partial charge is 0.158 e. The van der Waals surface area contributed by atoms with Crippen molar-refractivity contribution in [3.63, 3.8) is 0 Å². The van der Waals surface area contributed by atoms with Crippen LogP contribution in [0.2, 0.25) is 0 Å². The summed E-state index contributed by atoms with van der Waals surface area (Å²) < 4.78 is 0. The minimum atomic E-state index is -0.00909. The SMILES string of the molecule is C=C(CO)[C@@H]1CC=C(C)C(=O)C1. The molecule has 0 spiro atoms. The van der Waals surface area contributed by atoms with Gasteiger partial charge in [0.25, 0.3) is 0 Å². The van der Waals surface area contributed by atoms with E-state index in [0.717, 1.165) is 17.6 Å². The zero-order valence-corrected chi connectivity index (χ0v) is 7.34. The maximum absolute atomic E-state index is 11.2. The molecule has 0 saturated heterocycles. The molecule has 0 unspecified atom stereocenters. The van der Waals surface area contributed by atoms with E-state index >= 15 is 0 Å². The van der Waals surface area contributed by atoms with Crippen LogP contribution in [0.5, 0.6) is 0 Å². The predicted octanol–water partition coefficient (Wildman–Crippen LogP) is 1.46. The van der Waals surface area contributed by atoms with Gasteiger partial charge in [0.05, 0.1) is 6.61 Å². The standard InChI is InChI=1S/C10H14O2/c1-7-3-4-9(5-10(7)12)8(2)6-11/h3,9,11H,2,4-6H2,1H3/t9-/m1/s1. The molecule has 0 radical (unpaired) electrons. The lowest BCUT2D eigenvalue weighted by atomic mass is 9.85. The van der Waals surface area contributed by atoms with Crippen LogP contribution in [0.15, 0.2) is 23.8 Å². The quantitative estimate of drug-likeness (QED) is 0.630. The van der Waals surface area contributed by atoms with Gasteiger partial charge in [-0.05, 0) is 30.4 Å². The zero-order chi connectivity index (χ0) is 9.14. The number of carbonyl (C=O) groups is 1. The van der Waals surface area contributed by atoms with E-state index < -0.39 is 0 Å². The normalized spacial score (nSPS) is 23.7. The van der Waals surface area contributed by atoms with Crippen LogP contribution in [-0.2, 0) is 4.79 Å². The molecule has 1 rings (SSSR count). The second-order valence-corrected chi connectivity index (χ2v) is 3.26. The lowest BCUT2D eigenvalue weighted by molar-refractivity contribution is -0.116. The van der Waals surface area contributed by atoms with Gasteiger partial charge < -0.3 is 5.11 Å². The highest BCUT2D eigenvalue weighted by molar-refractivity contribution is 5.95. The van der Waals surface area contributed by atoms with Gasteiger partial charge in [-0.25, -0.2) is 0 Å². The summed E-state index contributed by atoms with van der Waals surface area (Å²) in [5, 5.41) is 8.81. The van der Waals surface area contributed by atoms with Gasteiger partial charge in [0.1, 0.15) is 0 Å². The molecule has 12 heavy (non-hydrogen) atoms. The third-order valence-corrected chi connectivity index (χ3v) is 2.36. The van der Waals surface area contributed by atoms with E-state index in [-0.39, 0.29) is 18.3 Å². The average molecular weight is 166 g/mol. The van der Waals surface area contributed by atoms with E-state index in [4.69, 9.17) is 5.11 Å². The molecular formula is C10H14O2. The van der Waals surface area contributed by atoms with Crippen molar-refractivity contribution in [2.24, 2.45) is 5.92 Å². The molecule has 0 aromatic carbocycles. The van der Waals surface area contributed by atoms with Crippen LogP contribution in [-0.4, -0.2) is 17.5 Å². The average Bonchev–Trinajstić information content (AvgIpc) is 2.08. The molecule has 66 valence electrons. The van der Waals surface area contributed by atoms with Crippen molar-refractivity contribution in [1.82, 2.24) is 0 Å². The molecule has 1 atom stereocenters. The molecule has 0 bridgehead atoms. The first-order chi connectivity index (χ1) is 5.65. The largest absolute Gasteiger partial charge is 0.392 e. The first-order valence-corrected chi connectivity index (χ1v) is 4.13. The molecule has 1 N–H and O–H groups in total. The molecule has 0 aliphatic heterocycles. The Labute approximate surface area is 72.6 Å². The monoisotopic (exact) mass is 166 g/mol. The van der Waals surface area contributed by atoms with Crippen molar-refractivity contribution in [1.29, 1.82) is 0 Å². The summed E-state index contributed by atoms with van der Waals surface area (Å²) in [5.41, 5.74) is 1.61. The van der Waals surface area contributed by atoms with Gasteiger partial charge in [0.15, 0.2) is 5.78 Å². The Hall–Kier alpha value is -0.890. The first kappa shape index (κ1) is 9.20. The van der Waals surface area contributed by atoms with E-state index in [1.54, 1.807) is 0 Å². The number of hydrogen-bond donors (Lipinski definition) is 1. The first-order valence-electron chi connectivity index (χ1n) is 4.13. The van der Waals surface area contributed by atoms with E-state index in [1.165, 1.54) is 0 Å². The maximum Gasteiger partial charge on any atom is 0.158 e. The molecule has 2 nitrogen and oxygen atoms in total. The molecule has 0 fully saturated rings. The summed E-state index contributed by atoms with van der Waals surface area (Å²) in [5.74, 6) is 0.340. The van der Waals surface area contributed by atoms with Crippen LogP contribution >= 0.6 is 0 Å². The maximum atomic E-state index is 11.2. The zero-order valence-electron chi connectivity index (χ0n) is 7.34. The Morgan fingerprint density at radius 3 is 3.00 bits per heavy atom. The third kappa shape index (κ3) is 1.83. The van der Waals surface area contributed by atoms with Crippen LogP contribution in [0.1, 0.15) is 19.8 Å². The Balaban J connectivity index is 2.65. The van der Waals surface area contributed by atoms with Crippen LogP contribution < -0.4 is 0 Å². The number of aliphatic hydroxyl groups is 1. The van der Waals surface area contributed by atoms with Crippen molar-refractivity contribution >= 4 is 5.78 Å². The number of allylic oxidation sites excluding steroid dienone is 2.